The lowest BCUT2D eigenvalue weighted by molar-refractivity contribution is 0.275. The Morgan fingerprint density at radius 2 is 1.89 bits per heavy atom. The van der Waals surface area contributed by atoms with Gasteiger partial charge in [-0.3, -0.25) is 0 Å². The molecular weight excluding hydrogens is 234 g/mol. The topological polar surface area (TPSA) is 29.3 Å². The van der Waals surface area contributed by atoms with Crippen LogP contribution >= 0.6 is 0 Å². The van der Waals surface area contributed by atoms with Crippen molar-refractivity contribution in [3.05, 3.63) is 36.3 Å². The molecule has 0 atom stereocenters. The molecule has 0 amide bonds. The van der Waals surface area contributed by atoms with Crippen LogP contribution in [0.5, 0.6) is 0 Å². The molecule has 0 aliphatic carbocycles. The standard InChI is InChI=1S/C16H25N3/c1-12(2)15(13(3)4)10-17-9-14-11-19-8-6-5-7-16(19)18-14/h5-8,11-13,15,17H,9-10H2,1-4H3. The summed E-state index contributed by atoms with van der Waals surface area (Å²) < 4.78 is 2.07. The van der Waals surface area contributed by atoms with E-state index < -0.39 is 0 Å². The van der Waals surface area contributed by atoms with Gasteiger partial charge in [-0.25, -0.2) is 4.98 Å². The van der Waals surface area contributed by atoms with E-state index >= 15 is 0 Å². The maximum absolute atomic E-state index is 4.60. The number of hydrogen-bond donors (Lipinski definition) is 1. The SMILES string of the molecule is CC(C)C(CNCc1cn2ccccc2n1)C(C)C. The molecule has 104 valence electrons. The Labute approximate surface area is 116 Å². The van der Waals surface area contributed by atoms with Crippen molar-refractivity contribution in [3.63, 3.8) is 0 Å². The molecule has 2 rings (SSSR count). The lowest BCUT2D eigenvalue weighted by atomic mass is 9.85. The number of rotatable bonds is 6. The van der Waals surface area contributed by atoms with Crippen LogP contribution < -0.4 is 5.32 Å². The summed E-state index contributed by atoms with van der Waals surface area (Å²) >= 11 is 0. The summed E-state index contributed by atoms with van der Waals surface area (Å²) in [6.45, 7) is 11.1. The highest BCUT2D eigenvalue weighted by molar-refractivity contribution is 5.39. The van der Waals surface area contributed by atoms with Gasteiger partial charge in [0.25, 0.3) is 0 Å². The number of pyridine rings is 1. The Hall–Kier alpha value is -1.35. The molecule has 0 radical (unpaired) electrons. The van der Waals surface area contributed by atoms with Crippen LogP contribution in [-0.4, -0.2) is 15.9 Å². The van der Waals surface area contributed by atoms with Gasteiger partial charge in [-0.05, 0) is 36.4 Å². The van der Waals surface area contributed by atoms with Crippen LogP contribution in [0, 0.1) is 17.8 Å². The average Bonchev–Trinajstić information content (AvgIpc) is 2.76. The lowest BCUT2D eigenvalue weighted by Gasteiger charge is -2.24. The van der Waals surface area contributed by atoms with Crippen LogP contribution in [0.15, 0.2) is 30.6 Å². The van der Waals surface area contributed by atoms with Gasteiger partial charge in [0.05, 0.1) is 5.69 Å². The maximum atomic E-state index is 4.60. The van der Waals surface area contributed by atoms with Gasteiger partial charge in [0.15, 0.2) is 0 Å². The number of nitrogens with zero attached hydrogens (tertiary/aromatic N) is 2. The molecule has 3 nitrogen and oxygen atoms in total. The fourth-order valence-electron chi connectivity index (χ4n) is 2.68. The van der Waals surface area contributed by atoms with Crippen molar-refractivity contribution in [2.24, 2.45) is 17.8 Å². The number of imidazole rings is 1. The smallest absolute Gasteiger partial charge is 0.137 e. The summed E-state index contributed by atoms with van der Waals surface area (Å²) in [5.41, 5.74) is 2.13. The zero-order chi connectivity index (χ0) is 13.8. The van der Waals surface area contributed by atoms with Gasteiger partial charge in [0.1, 0.15) is 5.65 Å². The van der Waals surface area contributed by atoms with E-state index in [2.05, 4.69) is 48.6 Å². The molecule has 0 spiro atoms. The van der Waals surface area contributed by atoms with Gasteiger partial charge in [-0.1, -0.05) is 33.8 Å². The van der Waals surface area contributed by atoms with E-state index in [0.717, 1.165) is 30.3 Å². The van der Waals surface area contributed by atoms with Crippen LogP contribution in [0.1, 0.15) is 33.4 Å². The van der Waals surface area contributed by atoms with Gasteiger partial charge in [-0.15, -0.1) is 0 Å². The average molecular weight is 259 g/mol. The predicted octanol–water partition coefficient (Wildman–Crippen LogP) is 3.35. The van der Waals surface area contributed by atoms with Crippen molar-refractivity contribution in [3.8, 4) is 0 Å². The van der Waals surface area contributed by atoms with Crippen LogP contribution in [0.3, 0.4) is 0 Å². The van der Waals surface area contributed by atoms with E-state index in [0.29, 0.717) is 11.8 Å². The molecule has 2 aromatic rings. The minimum absolute atomic E-state index is 0.716. The Morgan fingerprint density at radius 1 is 1.16 bits per heavy atom. The summed E-state index contributed by atoms with van der Waals surface area (Å²) in [7, 11) is 0. The highest BCUT2D eigenvalue weighted by atomic mass is 15.0. The van der Waals surface area contributed by atoms with Crippen LogP contribution in [0.25, 0.3) is 5.65 Å². The first-order chi connectivity index (χ1) is 9.08. The van der Waals surface area contributed by atoms with Gasteiger partial charge in [-0.2, -0.15) is 0 Å². The second-order valence-electron chi connectivity index (χ2n) is 5.98. The fraction of sp³-hybridized carbons (Fsp3) is 0.562. The van der Waals surface area contributed by atoms with E-state index in [1.807, 2.05) is 24.4 Å². The number of aromatic nitrogens is 2. The number of hydrogen-bond acceptors (Lipinski definition) is 2. The van der Waals surface area contributed by atoms with Crippen molar-refractivity contribution in [2.75, 3.05) is 6.54 Å². The summed E-state index contributed by atoms with van der Waals surface area (Å²) in [5, 5.41) is 3.55. The molecule has 0 fully saturated rings. The first kappa shape index (κ1) is 14.1. The molecule has 0 aliphatic rings. The molecule has 0 unspecified atom stereocenters. The zero-order valence-electron chi connectivity index (χ0n) is 12.4. The van der Waals surface area contributed by atoms with E-state index in [9.17, 15) is 0 Å². The monoisotopic (exact) mass is 259 g/mol. The summed E-state index contributed by atoms with van der Waals surface area (Å²) in [6.07, 6.45) is 4.14. The minimum Gasteiger partial charge on any atom is -0.311 e. The van der Waals surface area contributed by atoms with Crippen molar-refractivity contribution in [1.82, 2.24) is 14.7 Å². The highest BCUT2D eigenvalue weighted by Crippen LogP contribution is 2.19. The summed E-state index contributed by atoms with van der Waals surface area (Å²) in [5.74, 6) is 2.15. The van der Waals surface area contributed by atoms with Crippen LogP contribution in [0.4, 0.5) is 0 Å². The molecule has 0 saturated carbocycles. The summed E-state index contributed by atoms with van der Waals surface area (Å²) in [4.78, 5) is 4.60. The quantitative estimate of drug-likeness (QED) is 0.862. The number of fused-ring (bicyclic) bond motifs is 1. The second kappa shape index (κ2) is 6.20. The third-order valence-electron chi connectivity index (χ3n) is 3.81. The van der Waals surface area contributed by atoms with Crippen molar-refractivity contribution < 1.29 is 0 Å². The molecule has 3 heteroatoms. The molecule has 0 aromatic carbocycles. The van der Waals surface area contributed by atoms with E-state index in [-0.39, 0.29) is 0 Å². The first-order valence-corrected chi connectivity index (χ1v) is 7.21. The van der Waals surface area contributed by atoms with Gasteiger partial charge in [0, 0.05) is 18.9 Å². The molecule has 19 heavy (non-hydrogen) atoms. The zero-order valence-corrected chi connectivity index (χ0v) is 12.4. The van der Waals surface area contributed by atoms with E-state index in [1.54, 1.807) is 0 Å². The largest absolute Gasteiger partial charge is 0.311 e. The van der Waals surface area contributed by atoms with Gasteiger partial charge in [0.2, 0.25) is 0 Å². The predicted molar refractivity (Wildman–Crippen MR) is 80.1 cm³/mol. The first-order valence-electron chi connectivity index (χ1n) is 7.21. The summed E-state index contributed by atoms with van der Waals surface area (Å²) in [6, 6.07) is 6.08. The van der Waals surface area contributed by atoms with Crippen LogP contribution in [0.2, 0.25) is 0 Å². The lowest BCUT2D eigenvalue weighted by Crippen LogP contribution is -2.29. The Kier molecular flexibility index (Phi) is 4.59. The molecule has 2 heterocycles. The third kappa shape index (κ3) is 3.57. The minimum atomic E-state index is 0.716. The molecule has 0 aliphatic heterocycles. The Morgan fingerprint density at radius 3 is 2.53 bits per heavy atom. The Bertz CT molecular complexity index is 472. The second-order valence-corrected chi connectivity index (χ2v) is 5.98. The third-order valence-corrected chi connectivity index (χ3v) is 3.81. The van der Waals surface area contributed by atoms with E-state index in [4.69, 9.17) is 0 Å². The van der Waals surface area contributed by atoms with Crippen LogP contribution in [-0.2, 0) is 6.54 Å². The molecule has 1 N–H and O–H groups in total. The number of nitrogens with one attached hydrogen (secondary N) is 1. The maximum Gasteiger partial charge on any atom is 0.137 e. The van der Waals surface area contributed by atoms with Gasteiger partial charge >= 0.3 is 0 Å². The molecule has 0 bridgehead atoms. The molecular formula is C16H25N3. The normalized spacial score (nSPS) is 12.2. The molecule has 0 saturated heterocycles. The van der Waals surface area contributed by atoms with E-state index in [1.165, 1.54) is 0 Å². The highest BCUT2D eigenvalue weighted by Gasteiger charge is 2.16. The van der Waals surface area contributed by atoms with Crippen molar-refractivity contribution in [2.45, 2.75) is 34.2 Å². The van der Waals surface area contributed by atoms with Crippen molar-refractivity contribution in [1.29, 1.82) is 0 Å². The van der Waals surface area contributed by atoms with Gasteiger partial charge < -0.3 is 9.72 Å². The van der Waals surface area contributed by atoms with Crippen molar-refractivity contribution >= 4 is 5.65 Å². The molecule has 2 aromatic heterocycles. The Balaban J connectivity index is 1.91. The fourth-order valence-corrected chi connectivity index (χ4v) is 2.68.